The van der Waals surface area contributed by atoms with Crippen molar-refractivity contribution in [2.45, 2.75) is 0 Å². The Kier molecular flexibility index (Phi) is 7.81. The number of amides is 1. The van der Waals surface area contributed by atoms with E-state index in [1.54, 1.807) is 73.8 Å². The first kappa shape index (κ1) is 23.1. The highest BCUT2D eigenvalue weighted by Gasteiger charge is 2.14. The number of nitrogens with zero attached hydrogens (tertiary/aromatic N) is 1. The summed E-state index contributed by atoms with van der Waals surface area (Å²) in [4.78, 5) is 24.3. The van der Waals surface area contributed by atoms with Crippen LogP contribution in [0, 0.1) is 11.3 Å². The van der Waals surface area contributed by atoms with E-state index < -0.39 is 5.97 Å². The molecule has 7 nitrogen and oxygen atoms in total. The van der Waals surface area contributed by atoms with Crippen molar-refractivity contribution in [2.24, 2.45) is 0 Å². The van der Waals surface area contributed by atoms with Gasteiger partial charge < -0.3 is 19.5 Å². The molecule has 33 heavy (non-hydrogen) atoms. The number of rotatable bonds is 8. The summed E-state index contributed by atoms with van der Waals surface area (Å²) in [6.45, 7) is -0.301. The molecule has 0 unspecified atom stereocenters. The summed E-state index contributed by atoms with van der Waals surface area (Å²) in [6, 6.07) is 22.9. The Bertz CT molecular complexity index is 1210. The lowest BCUT2D eigenvalue weighted by molar-refractivity contribution is -0.133. The van der Waals surface area contributed by atoms with Crippen molar-refractivity contribution in [1.29, 1.82) is 5.26 Å². The third-order valence-corrected chi connectivity index (χ3v) is 4.67. The summed E-state index contributed by atoms with van der Waals surface area (Å²) in [5, 5.41) is 12.2. The summed E-state index contributed by atoms with van der Waals surface area (Å²) < 4.78 is 16.0. The van der Waals surface area contributed by atoms with Gasteiger partial charge >= 0.3 is 5.97 Å². The van der Waals surface area contributed by atoms with E-state index in [2.05, 4.69) is 11.4 Å². The molecular weight excluding hydrogens is 420 g/mol. The van der Waals surface area contributed by atoms with Crippen molar-refractivity contribution in [1.82, 2.24) is 5.32 Å². The van der Waals surface area contributed by atoms with E-state index in [-0.39, 0.29) is 18.2 Å². The van der Waals surface area contributed by atoms with Gasteiger partial charge in [0.1, 0.15) is 12.3 Å². The number of ether oxygens (including phenoxy) is 3. The number of para-hydroxylation sites is 1. The summed E-state index contributed by atoms with van der Waals surface area (Å²) in [5.74, 6) is 0.0709. The predicted molar refractivity (Wildman–Crippen MR) is 124 cm³/mol. The SMILES string of the molecule is COc1cc(/C=C(/C#N)c2ccccc2OC)ccc1OC(=O)CNC(=O)c1ccccc1. The van der Waals surface area contributed by atoms with Crippen molar-refractivity contribution in [3.8, 4) is 23.3 Å². The fourth-order valence-electron chi connectivity index (χ4n) is 3.07. The van der Waals surface area contributed by atoms with E-state index in [0.29, 0.717) is 33.8 Å². The number of hydrogen-bond donors (Lipinski definition) is 1. The maximum Gasteiger partial charge on any atom is 0.330 e. The molecule has 0 bridgehead atoms. The van der Waals surface area contributed by atoms with Crippen molar-refractivity contribution in [2.75, 3.05) is 20.8 Å². The standard InChI is InChI=1S/C26H22N2O5/c1-31-22-11-7-6-10-21(22)20(16-27)14-18-12-13-23(24(15-18)32-2)33-25(29)17-28-26(30)19-8-4-3-5-9-19/h3-15H,17H2,1-2H3,(H,28,30)/b20-14-. The Hall–Kier alpha value is -4.57. The molecule has 0 radical (unpaired) electrons. The lowest BCUT2D eigenvalue weighted by atomic mass is 10.0. The molecule has 7 heteroatoms. The molecule has 0 spiro atoms. The summed E-state index contributed by atoms with van der Waals surface area (Å²) >= 11 is 0. The normalized spacial score (nSPS) is 10.6. The van der Waals surface area contributed by atoms with E-state index in [1.807, 2.05) is 12.1 Å². The molecule has 3 aromatic carbocycles. The predicted octanol–water partition coefficient (Wildman–Crippen LogP) is 4.10. The van der Waals surface area contributed by atoms with Crippen LogP contribution in [-0.2, 0) is 4.79 Å². The molecule has 0 aliphatic carbocycles. The van der Waals surface area contributed by atoms with Gasteiger partial charge in [-0.15, -0.1) is 0 Å². The largest absolute Gasteiger partial charge is 0.496 e. The summed E-state index contributed by atoms with van der Waals surface area (Å²) in [7, 11) is 2.99. The molecule has 0 atom stereocenters. The van der Waals surface area contributed by atoms with E-state index in [1.165, 1.54) is 7.11 Å². The van der Waals surface area contributed by atoms with Gasteiger partial charge in [0, 0.05) is 11.1 Å². The molecule has 0 aliphatic rings. The molecule has 3 rings (SSSR count). The molecule has 1 N–H and O–H groups in total. The molecule has 0 fully saturated rings. The first-order valence-corrected chi connectivity index (χ1v) is 10.0. The first-order valence-electron chi connectivity index (χ1n) is 10.0. The molecule has 1 amide bonds. The molecule has 0 heterocycles. The molecule has 0 saturated heterocycles. The Labute approximate surface area is 191 Å². The number of nitriles is 1. The van der Waals surface area contributed by atoms with Gasteiger partial charge in [0.05, 0.1) is 25.9 Å². The monoisotopic (exact) mass is 442 g/mol. The third kappa shape index (κ3) is 5.99. The van der Waals surface area contributed by atoms with Crippen LogP contribution in [0.3, 0.4) is 0 Å². The van der Waals surface area contributed by atoms with Crippen molar-refractivity contribution in [3.05, 3.63) is 89.5 Å². The van der Waals surface area contributed by atoms with Crippen LogP contribution in [0.5, 0.6) is 17.2 Å². The van der Waals surface area contributed by atoms with Gasteiger partial charge in [-0.3, -0.25) is 4.79 Å². The van der Waals surface area contributed by atoms with E-state index in [9.17, 15) is 14.9 Å². The highest BCUT2D eigenvalue weighted by atomic mass is 16.6. The lowest BCUT2D eigenvalue weighted by Crippen LogP contribution is -2.31. The quantitative estimate of drug-likeness (QED) is 0.244. The van der Waals surface area contributed by atoms with Gasteiger partial charge in [-0.2, -0.15) is 5.26 Å². The topological polar surface area (TPSA) is 97.7 Å². The number of esters is 1. The second-order valence-electron chi connectivity index (χ2n) is 6.80. The maximum absolute atomic E-state index is 12.2. The number of methoxy groups -OCH3 is 2. The van der Waals surface area contributed by atoms with Gasteiger partial charge in [0.15, 0.2) is 11.5 Å². The number of carbonyl (C=O) groups is 2. The average Bonchev–Trinajstić information content (AvgIpc) is 2.87. The van der Waals surface area contributed by atoms with Crippen LogP contribution in [0.2, 0.25) is 0 Å². The Balaban J connectivity index is 1.73. The minimum Gasteiger partial charge on any atom is -0.496 e. The van der Waals surface area contributed by atoms with Crippen molar-refractivity contribution >= 4 is 23.5 Å². The zero-order valence-electron chi connectivity index (χ0n) is 18.2. The Morgan fingerprint density at radius 2 is 1.61 bits per heavy atom. The highest BCUT2D eigenvalue weighted by Crippen LogP contribution is 2.31. The highest BCUT2D eigenvalue weighted by molar-refractivity contribution is 5.96. The maximum atomic E-state index is 12.2. The molecular formula is C26H22N2O5. The number of nitrogens with one attached hydrogen (secondary N) is 1. The summed E-state index contributed by atoms with van der Waals surface area (Å²) in [5.41, 5.74) is 2.18. The summed E-state index contributed by atoms with van der Waals surface area (Å²) in [6.07, 6.45) is 1.69. The van der Waals surface area contributed by atoms with Crippen LogP contribution in [0.1, 0.15) is 21.5 Å². The van der Waals surface area contributed by atoms with Crippen LogP contribution in [0.4, 0.5) is 0 Å². The fourth-order valence-corrected chi connectivity index (χ4v) is 3.07. The van der Waals surface area contributed by atoms with Crippen LogP contribution in [-0.4, -0.2) is 32.6 Å². The van der Waals surface area contributed by atoms with Crippen LogP contribution < -0.4 is 19.5 Å². The second-order valence-corrected chi connectivity index (χ2v) is 6.80. The van der Waals surface area contributed by atoms with E-state index in [4.69, 9.17) is 14.2 Å². The molecule has 3 aromatic rings. The van der Waals surface area contributed by atoms with Gasteiger partial charge in [-0.05, 0) is 48.0 Å². The zero-order valence-corrected chi connectivity index (χ0v) is 18.2. The van der Waals surface area contributed by atoms with E-state index in [0.717, 1.165) is 0 Å². The number of hydrogen-bond acceptors (Lipinski definition) is 6. The molecule has 0 aromatic heterocycles. The van der Waals surface area contributed by atoms with Crippen molar-refractivity contribution < 1.29 is 23.8 Å². The number of carbonyl (C=O) groups excluding carboxylic acids is 2. The van der Waals surface area contributed by atoms with Crippen LogP contribution in [0.15, 0.2) is 72.8 Å². The van der Waals surface area contributed by atoms with Gasteiger partial charge in [0.25, 0.3) is 5.91 Å². The van der Waals surface area contributed by atoms with E-state index >= 15 is 0 Å². The second kappa shape index (κ2) is 11.2. The van der Waals surface area contributed by atoms with Crippen molar-refractivity contribution in [3.63, 3.8) is 0 Å². The smallest absolute Gasteiger partial charge is 0.330 e. The Morgan fingerprint density at radius 1 is 0.909 bits per heavy atom. The fraction of sp³-hybridized carbons (Fsp3) is 0.115. The zero-order chi connectivity index (χ0) is 23.6. The first-order chi connectivity index (χ1) is 16.0. The lowest BCUT2D eigenvalue weighted by Gasteiger charge is -2.11. The Morgan fingerprint density at radius 3 is 2.30 bits per heavy atom. The third-order valence-electron chi connectivity index (χ3n) is 4.67. The van der Waals surface area contributed by atoms with Gasteiger partial charge in [-0.1, -0.05) is 36.4 Å². The van der Waals surface area contributed by atoms with Crippen LogP contribution >= 0.6 is 0 Å². The van der Waals surface area contributed by atoms with Gasteiger partial charge in [-0.25, -0.2) is 4.79 Å². The molecule has 0 saturated carbocycles. The van der Waals surface area contributed by atoms with Gasteiger partial charge in [0.2, 0.25) is 0 Å². The minimum atomic E-state index is -0.646. The minimum absolute atomic E-state index is 0.199. The van der Waals surface area contributed by atoms with Crippen LogP contribution in [0.25, 0.3) is 11.6 Å². The average molecular weight is 442 g/mol. The number of allylic oxidation sites excluding steroid dienone is 1. The number of benzene rings is 3. The molecule has 0 aliphatic heterocycles. The molecule has 166 valence electrons.